The lowest BCUT2D eigenvalue weighted by atomic mass is 10.2. The van der Waals surface area contributed by atoms with Crippen molar-refractivity contribution >= 4 is 0 Å². The van der Waals surface area contributed by atoms with Gasteiger partial charge in [0.25, 0.3) is 0 Å². The molecule has 0 aliphatic rings. The molecule has 0 saturated carbocycles. The zero-order chi connectivity index (χ0) is 14.4. The lowest BCUT2D eigenvalue weighted by Gasteiger charge is -2.05. The summed E-state index contributed by atoms with van der Waals surface area (Å²) in [5.41, 5.74) is 2.15. The molecule has 2 rings (SSSR count). The van der Waals surface area contributed by atoms with E-state index in [0.29, 0.717) is 12.5 Å². The SMILES string of the molecule is CCOc1cccc(-c2ncc(CNCC(C)C)[nH]2)c1. The second-order valence-electron chi connectivity index (χ2n) is 5.24. The van der Waals surface area contributed by atoms with Crippen LogP contribution in [0.15, 0.2) is 30.5 Å². The van der Waals surface area contributed by atoms with E-state index in [9.17, 15) is 0 Å². The summed E-state index contributed by atoms with van der Waals surface area (Å²) in [5, 5.41) is 3.40. The molecule has 0 spiro atoms. The zero-order valence-electron chi connectivity index (χ0n) is 12.4. The number of aromatic amines is 1. The smallest absolute Gasteiger partial charge is 0.137 e. The van der Waals surface area contributed by atoms with Gasteiger partial charge in [0.15, 0.2) is 0 Å². The van der Waals surface area contributed by atoms with E-state index in [2.05, 4.69) is 29.1 Å². The van der Waals surface area contributed by atoms with Crippen LogP contribution >= 0.6 is 0 Å². The lowest BCUT2D eigenvalue weighted by molar-refractivity contribution is 0.340. The van der Waals surface area contributed by atoms with Crippen molar-refractivity contribution in [2.24, 2.45) is 5.92 Å². The number of aromatic nitrogens is 2. The molecule has 0 aliphatic carbocycles. The Kier molecular flexibility index (Phi) is 5.18. The topological polar surface area (TPSA) is 49.9 Å². The van der Waals surface area contributed by atoms with Crippen LogP contribution in [0.2, 0.25) is 0 Å². The molecule has 0 bridgehead atoms. The number of ether oxygens (including phenoxy) is 1. The molecule has 0 saturated heterocycles. The highest BCUT2D eigenvalue weighted by Gasteiger charge is 2.05. The van der Waals surface area contributed by atoms with Crippen LogP contribution in [0.1, 0.15) is 26.5 Å². The number of hydrogen-bond acceptors (Lipinski definition) is 3. The van der Waals surface area contributed by atoms with Crippen molar-refractivity contribution in [2.45, 2.75) is 27.3 Å². The standard InChI is InChI=1S/C16H23N3O/c1-4-20-15-7-5-6-13(8-15)16-18-11-14(19-16)10-17-9-12(2)3/h5-8,11-12,17H,4,9-10H2,1-3H3,(H,18,19). The molecule has 4 nitrogen and oxygen atoms in total. The van der Waals surface area contributed by atoms with Crippen LogP contribution in [0, 0.1) is 5.92 Å². The van der Waals surface area contributed by atoms with Crippen molar-refractivity contribution < 1.29 is 4.74 Å². The highest BCUT2D eigenvalue weighted by molar-refractivity contribution is 5.57. The first kappa shape index (κ1) is 14.6. The van der Waals surface area contributed by atoms with Gasteiger partial charge >= 0.3 is 0 Å². The van der Waals surface area contributed by atoms with Crippen LogP contribution in [0.3, 0.4) is 0 Å². The Bertz CT molecular complexity index is 534. The predicted octanol–water partition coefficient (Wildman–Crippen LogP) is 3.22. The van der Waals surface area contributed by atoms with Crippen molar-refractivity contribution in [2.75, 3.05) is 13.2 Å². The normalized spacial score (nSPS) is 11.0. The first-order chi connectivity index (χ1) is 9.69. The predicted molar refractivity (Wildman–Crippen MR) is 81.7 cm³/mol. The van der Waals surface area contributed by atoms with Gasteiger partial charge in [0.05, 0.1) is 6.61 Å². The van der Waals surface area contributed by atoms with E-state index in [1.807, 2.05) is 37.4 Å². The Morgan fingerprint density at radius 1 is 1.35 bits per heavy atom. The number of nitrogens with one attached hydrogen (secondary N) is 2. The van der Waals surface area contributed by atoms with Crippen LogP contribution in [0.25, 0.3) is 11.4 Å². The highest BCUT2D eigenvalue weighted by atomic mass is 16.5. The fraction of sp³-hybridized carbons (Fsp3) is 0.438. The molecule has 0 amide bonds. The minimum atomic E-state index is 0.653. The van der Waals surface area contributed by atoms with Crippen molar-refractivity contribution in [1.82, 2.24) is 15.3 Å². The van der Waals surface area contributed by atoms with Gasteiger partial charge < -0.3 is 15.0 Å². The molecule has 108 valence electrons. The lowest BCUT2D eigenvalue weighted by Crippen LogP contribution is -2.19. The van der Waals surface area contributed by atoms with Gasteiger partial charge in [-0.25, -0.2) is 4.98 Å². The number of nitrogens with zero attached hydrogens (tertiary/aromatic N) is 1. The summed E-state index contributed by atoms with van der Waals surface area (Å²) in [6, 6.07) is 7.99. The number of hydrogen-bond donors (Lipinski definition) is 2. The number of imidazole rings is 1. The first-order valence-electron chi connectivity index (χ1n) is 7.17. The van der Waals surface area contributed by atoms with Gasteiger partial charge in [-0.15, -0.1) is 0 Å². The maximum absolute atomic E-state index is 5.51. The van der Waals surface area contributed by atoms with Gasteiger partial charge in [0.2, 0.25) is 0 Å². The molecule has 0 atom stereocenters. The Balaban J connectivity index is 2.02. The van der Waals surface area contributed by atoms with E-state index in [4.69, 9.17) is 4.74 Å². The summed E-state index contributed by atoms with van der Waals surface area (Å²) in [7, 11) is 0. The average molecular weight is 273 g/mol. The molecule has 4 heteroatoms. The first-order valence-corrected chi connectivity index (χ1v) is 7.17. The number of H-pyrrole nitrogens is 1. The van der Waals surface area contributed by atoms with Gasteiger partial charge in [-0.1, -0.05) is 26.0 Å². The molecule has 0 radical (unpaired) electrons. The van der Waals surface area contributed by atoms with E-state index in [0.717, 1.165) is 35.9 Å². The summed E-state index contributed by atoms with van der Waals surface area (Å²) in [6.07, 6.45) is 1.88. The van der Waals surface area contributed by atoms with Gasteiger partial charge in [-0.05, 0) is 31.5 Å². The van der Waals surface area contributed by atoms with Crippen LogP contribution < -0.4 is 10.1 Å². The molecule has 0 aliphatic heterocycles. The molecule has 1 heterocycles. The van der Waals surface area contributed by atoms with E-state index in [1.165, 1.54) is 0 Å². The van der Waals surface area contributed by atoms with Crippen molar-refractivity contribution in [1.29, 1.82) is 0 Å². The summed E-state index contributed by atoms with van der Waals surface area (Å²) < 4.78 is 5.51. The Morgan fingerprint density at radius 2 is 2.20 bits per heavy atom. The minimum Gasteiger partial charge on any atom is -0.494 e. The van der Waals surface area contributed by atoms with Crippen LogP contribution in [-0.2, 0) is 6.54 Å². The second kappa shape index (κ2) is 7.10. The quantitative estimate of drug-likeness (QED) is 0.814. The van der Waals surface area contributed by atoms with Gasteiger partial charge in [-0.3, -0.25) is 0 Å². The van der Waals surface area contributed by atoms with Crippen molar-refractivity contribution in [3.63, 3.8) is 0 Å². The molecule has 2 aromatic rings. The number of rotatable bonds is 7. The van der Waals surface area contributed by atoms with Crippen LogP contribution in [0.5, 0.6) is 5.75 Å². The van der Waals surface area contributed by atoms with Crippen LogP contribution in [-0.4, -0.2) is 23.1 Å². The summed E-state index contributed by atoms with van der Waals surface area (Å²) in [4.78, 5) is 7.78. The largest absolute Gasteiger partial charge is 0.494 e. The zero-order valence-corrected chi connectivity index (χ0v) is 12.4. The fourth-order valence-electron chi connectivity index (χ4n) is 1.99. The molecule has 0 unspecified atom stereocenters. The summed E-state index contributed by atoms with van der Waals surface area (Å²) in [6.45, 7) is 8.88. The van der Waals surface area contributed by atoms with Crippen molar-refractivity contribution in [3.05, 3.63) is 36.2 Å². The average Bonchev–Trinajstić information content (AvgIpc) is 2.88. The van der Waals surface area contributed by atoms with Crippen LogP contribution in [0.4, 0.5) is 0 Å². The maximum atomic E-state index is 5.51. The summed E-state index contributed by atoms with van der Waals surface area (Å²) >= 11 is 0. The van der Waals surface area contributed by atoms with Crippen molar-refractivity contribution in [3.8, 4) is 17.1 Å². The fourth-order valence-corrected chi connectivity index (χ4v) is 1.99. The van der Waals surface area contributed by atoms with Gasteiger partial charge in [0.1, 0.15) is 11.6 Å². The molecular weight excluding hydrogens is 250 g/mol. The Morgan fingerprint density at radius 3 is 2.95 bits per heavy atom. The highest BCUT2D eigenvalue weighted by Crippen LogP contribution is 2.21. The maximum Gasteiger partial charge on any atom is 0.137 e. The van der Waals surface area contributed by atoms with Gasteiger partial charge in [-0.2, -0.15) is 0 Å². The second-order valence-corrected chi connectivity index (χ2v) is 5.24. The third kappa shape index (κ3) is 4.10. The third-order valence-electron chi connectivity index (χ3n) is 2.91. The van der Waals surface area contributed by atoms with Gasteiger partial charge in [0, 0.05) is 24.0 Å². The molecule has 2 N–H and O–H groups in total. The Hall–Kier alpha value is -1.81. The van der Waals surface area contributed by atoms with E-state index in [-0.39, 0.29) is 0 Å². The van der Waals surface area contributed by atoms with E-state index in [1.54, 1.807) is 0 Å². The minimum absolute atomic E-state index is 0.653. The molecule has 1 aromatic heterocycles. The number of benzene rings is 1. The third-order valence-corrected chi connectivity index (χ3v) is 2.91. The monoisotopic (exact) mass is 273 g/mol. The van der Waals surface area contributed by atoms with E-state index < -0.39 is 0 Å². The molecular formula is C16H23N3O. The Labute approximate surface area is 120 Å². The van der Waals surface area contributed by atoms with E-state index >= 15 is 0 Å². The molecule has 0 fully saturated rings. The molecule has 1 aromatic carbocycles. The summed E-state index contributed by atoms with van der Waals surface area (Å²) in [5.74, 6) is 2.41. The molecule has 20 heavy (non-hydrogen) atoms.